The van der Waals surface area contributed by atoms with E-state index in [-0.39, 0.29) is 11.8 Å². The van der Waals surface area contributed by atoms with Gasteiger partial charge in [-0.25, -0.2) is 4.79 Å². The molecule has 0 unspecified atom stereocenters. The fraction of sp³-hybridized carbons (Fsp3) is 0.500. The van der Waals surface area contributed by atoms with Crippen LogP contribution < -0.4 is 10.6 Å². The maximum Gasteiger partial charge on any atom is 0.321 e. The summed E-state index contributed by atoms with van der Waals surface area (Å²) >= 11 is 13.2. The first-order valence-corrected chi connectivity index (χ1v) is 10.1. The molecule has 10 heteroatoms. The lowest BCUT2D eigenvalue weighted by Crippen LogP contribution is -2.48. The van der Waals surface area contributed by atoms with Gasteiger partial charge in [-0.2, -0.15) is 0 Å². The third-order valence-electron chi connectivity index (χ3n) is 4.41. The van der Waals surface area contributed by atoms with E-state index in [1.54, 1.807) is 16.7 Å². The van der Waals surface area contributed by atoms with E-state index in [1.807, 2.05) is 0 Å². The summed E-state index contributed by atoms with van der Waals surface area (Å²) in [4.78, 5) is 24.0. The molecule has 0 aromatic carbocycles. The van der Waals surface area contributed by atoms with Gasteiger partial charge in [0.1, 0.15) is 0 Å². The normalized spacial score (nSPS) is 20.1. The summed E-state index contributed by atoms with van der Waals surface area (Å²) in [7, 11) is 0. The number of carbonyl (C=O) groups excluding carboxylic acids is 2. The molecule has 1 aliphatic carbocycles. The number of aromatic nitrogens is 3. The topological polar surface area (TPSA) is 88.4 Å². The van der Waals surface area contributed by atoms with Crippen LogP contribution in [0.5, 0.6) is 0 Å². The van der Waals surface area contributed by atoms with E-state index in [0.29, 0.717) is 26.8 Å². The molecule has 1 aliphatic rings. The Morgan fingerprint density at radius 3 is 2.85 bits per heavy atom. The smallest absolute Gasteiger partial charge is 0.321 e. The van der Waals surface area contributed by atoms with Crippen molar-refractivity contribution in [1.29, 1.82) is 0 Å². The van der Waals surface area contributed by atoms with E-state index in [9.17, 15) is 9.59 Å². The lowest BCUT2D eigenvalue weighted by molar-refractivity contribution is -0.117. The Hall–Kier alpha value is -1.51. The molecule has 0 radical (unpaired) electrons. The van der Waals surface area contributed by atoms with Crippen molar-refractivity contribution in [3.8, 4) is 0 Å². The second-order valence-corrected chi connectivity index (χ2v) is 8.15. The minimum atomic E-state index is -0.452. The molecule has 140 valence electrons. The number of hydrogen-bond donors (Lipinski definition) is 2. The van der Waals surface area contributed by atoms with E-state index in [1.165, 1.54) is 6.42 Å². The Balaban J connectivity index is 1.53. The Morgan fingerprint density at radius 1 is 1.31 bits per heavy atom. The summed E-state index contributed by atoms with van der Waals surface area (Å²) in [6.07, 6.45) is 5.96. The zero-order valence-corrected chi connectivity index (χ0v) is 16.5. The fourth-order valence-electron chi connectivity index (χ4n) is 3.03. The summed E-state index contributed by atoms with van der Waals surface area (Å²) in [5.74, 6) is 0.0510. The number of carbonyl (C=O) groups is 2. The van der Waals surface area contributed by atoms with Gasteiger partial charge in [0, 0.05) is 12.2 Å². The van der Waals surface area contributed by atoms with E-state index in [2.05, 4.69) is 27.8 Å². The maximum absolute atomic E-state index is 12.0. The van der Waals surface area contributed by atoms with Gasteiger partial charge in [0.2, 0.25) is 5.91 Å². The Kier molecular flexibility index (Phi) is 6.26. The van der Waals surface area contributed by atoms with Crippen LogP contribution in [0.25, 0.3) is 5.65 Å². The SMILES string of the molecule is C[C@@H]1CCCC[C@H]1NC(=O)NC(=O)CSc1nnc2c(Cl)cc(Cl)cn12. The number of thioether (sulfide) groups is 1. The average molecular weight is 416 g/mol. The summed E-state index contributed by atoms with van der Waals surface area (Å²) in [5, 5.41) is 14.5. The monoisotopic (exact) mass is 415 g/mol. The molecule has 2 N–H and O–H groups in total. The van der Waals surface area contributed by atoms with Crippen LogP contribution in [0, 0.1) is 5.92 Å². The second-order valence-electron chi connectivity index (χ2n) is 6.36. The van der Waals surface area contributed by atoms with Crippen molar-refractivity contribution < 1.29 is 9.59 Å². The maximum atomic E-state index is 12.0. The van der Waals surface area contributed by atoms with Gasteiger partial charge in [0.05, 0.1) is 15.8 Å². The number of rotatable bonds is 4. The number of urea groups is 1. The van der Waals surface area contributed by atoms with Gasteiger partial charge in [0.15, 0.2) is 10.8 Å². The standard InChI is InChI=1S/C16H19Cl2N5O2S/c1-9-4-2-3-5-12(9)19-15(25)20-13(24)8-26-16-22-21-14-11(18)6-10(17)7-23(14)16/h6-7,9,12H,2-5,8H2,1H3,(H2,19,20,24,25)/t9-,12-/m1/s1. The number of nitrogens with zero attached hydrogens (tertiary/aromatic N) is 3. The van der Waals surface area contributed by atoms with Crippen molar-refractivity contribution in [2.75, 3.05) is 5.75 Å². The molecule has 3 amide bonds. The third kappa shape index (κ3) is 4.61. The van der Waals surface area contributed by atoms with Crippen LogP contribution >= 0.6 is 35.0 Å². The summed E-state index contributed by atoms with van der Waals surface area (Å²) in [6, 6.07) is 1.24. The Morgan fingerprint density at radius 2 is 2.08 bits per heavy atom. The number of halogens is 2. The first kappa shape index (κ1) is 19.3. The number of nitrogens with one attached hydrogen (secondary N) is 2. The third-order valence-corrected chi connectivity index (χ3v) is 5.84. The first-order chi connectivity index (χ1) is 12.4. The lowest BCUT2D eigenvalue weighted by atomic mass is 9.86. The largest absolute Gasteiger partial charge is 0.335 e. The van der Waals surface area contributed by atoms with Crippen molar-refractivity contribution in [3.63, 3.8) is 0 Å². The minimum absolute atomic E-state index is 0.0264. The van der Waals surface area contributed by atoms with Gasteiger partial charge in [-0.1, -0.05) is 54.7 Å². The summed E-state index contributed by atoms with van der Waals surface area (Å²) < 4.78 is 1.62. The highest BCUT2D eigenvalue weighted by molar-refractivity contribution is 7.99. The van der Waals surface area contributed by atoms with Crippen LogP contribution in [0.15, 0.2) is 17.4 Å². The molecule has 26 heavy (non-hydrogen) atoms. The molecule has 0 bridgehead atoms. The molecule has 2 aromatic heterocycles. The number of imide groups is 1. The highest BCUT2D eigenvalue weighted by Crippen LogP contribution is 2.25. The first-order valence-electron chi connectivity index (χ1n) is 8.37. The molecule has 1 fully saturated rings. The van der Waals surface area contributed by atoms with Gasteiger partial charge in [-0.15, -0.1) is 10.2 Å². The Bertz CT molecular complexity index is 828. The van der Waals surface area contributed by atoms with Crippen LogP contribution in [0.4, 0.5) is 4.79 Å². The highest BCUT2D eigenvalue weighted by atomic mass is 35.5. The number of amides is 3. The van der Waals surface area contributed by atoms with Crippen LogP contribution in [0.3, 0.4) is 0 Å². The highest BCUT2D eigenvalue weighted by Gasteiger charge is 2.23. The summed E-state index contributed by atoms with van der Waals surface area (Å²) in [5.41, 5.74) is 0.461. The second kappa shape index (κ2) is 8.45. The Labute approximate surface area is 165 Å². The van der Waals surface area contributed by atoms with Crippen molar-refractivity contribution >= 4 is 52.5 Å². The predicted octanol–water partition coefficient (Wildman–Crippen LogP) is 3.53. The molecule has 2 atom stereocenters. The van der Waals surface area contributed by atoms with E-state index in [4.69, 9.17) is 23.2 Å². The lowest BCUT2D eigenvalue weighted by Gasteiger charge is -2.29. The number of hydrogen-bond acceptors (Lipinski definition) is 5. The molecule has 7 nitrogen and oxygen atoms in total. The molecule has 1 saturated carbocycles. The van der Waals surface area contributed by atoms with Crippen molar-refractivity contribution in [2.24, 2.45) is 5.92 Å². The zero-order valence-electron chi connectivity index (χ0n) is 14.2. The van der Waals surface area contributed by atoms with Gasteiger partial charge in [-0.3, -0.25) is 14.5 Å². The number of pyridine rings is 1. The van der Waals surface area contributed by atoms with Crippen LogP contribution in [0.1, 0.15) is 32.6 Å². The molecule has 2 heterocycles. The van der Waals surface area contributed by atoms with Crippen molar-refractivity contribution in [3.05, 3.63) is 22.3 Å². The van der Waals surface area contributed by atoms with Gasteiger partial charge < -0.3 is 5.32 Å². The van der Waals surface area contributed by atoms with Gasteiger partial charge in [0.25, 0.3) is 0 Å². The van der Waals surface area contributed by atoms with Crippen LogP contribution in [-0.2, 0) is 4.79 Å². The molecule has 0 aliphatic heterocycles. The molecule has 0 spiro atoms. The summed E-state index contributed by atoms with van der Waals surface area (Å²) in [6.45, 7) is 2.12. The van der Waals surface area contributed by atoms with Gasteiger partial charge in [-0.05, 0) is 24.8 Å². The van der Waals surface area contributed by atoms with Crippen molar-refractivity contribution in [1.82, 2.24) is 25.2 Å². The quantitative estimate of drug-likeness (QED) is 0.745. The van der Waals surface area contributed by atoms with Crippen LogP contribution in [0.2, 0.25) is 10.0 Å². The van der Waals surface area contributed by atoms with E-state index in [0.717, 1.165) is 31.0 Å². The average Bonchev–Trinajstić information content (AvgIpc) is 2.98. The predicted molar refractivity (Wildman–Crippen MR) is 102 cm³/mol. The van der Waals surface area contributed by atoms with Gasteiger partial charge >= 0.3 is 6.03 Å². The molecular formula is C16H19Cl2N5O2S. The fourth-order valence-corrected chi connectivity index (χ4v) is 4.25. The molecule has 2 aromatic rings. The molecule has 0 saturated heterocycles. The zero-order chi connectivity index (χ0) is 18.7. The van der Waals surface area contributed by atoms with E-state index >= 15 is 0 Å². The van der Waals surface area contributed by atoms with Crippen LogP contribution in [-0.4, -0.2) is 38.3 Å². The van der Waals surface area contributed by atoms with Crippen molar-refractivity contribution in [2.45, 2.75) is 43.8 Å². The minimum Gasteiger partial charge on any atom is -0.335 e. The molecule has 3 rings (SSSR count). The van der Waals surface area contributed by atoms with E-state index < -0.39 is 11.9 Å². The molecular weight excluding hydrogens is 397 g/mol. The number of fused-ring (bicyclic) bond motifs is 1.